The van der Waals surface area contributed by atoms with Crippen molar-refractivity contribution in [3.63, 3.8) is 0 Å². The highest BCUT2D eigenvalue weighted by atomic mass is 16.5. The summed E-state index contributed by atoms with van der Waals surface area (Å²) in [6.07, 6.45) is 4.48. The van der Waals surface area contributed by atoms with E-state index >= 15 is 0 Å². The Morgan fingerprint density at radius 2 is 0.783 bits per heavy atom. The number of phenolic OH excluding ortho intramolecular Hbond substituents is 1. The fourth-order valence-corrected chi connectivity index (χ4v) is 6.31. The quantitative estimate of drug-likeness (QED) is 0.143. The van der Waals surface area contributed by atoms with Crippen LogP contribution >= 0.6 is 0 Å². The van der Waals surface area contributed by atoms with E-state index in [9.17, 15) is 5.11 Å². The van der Waals surface area contributed by atoms with Crippen molar-refractivity contribution in [2.24, 2.45) is 0 Å². The molecule has 0 amide bonds. The summed E-state index contributed by atoms with van der Waals surface area (Å²) < 4.78 is 20.1. The molecule has 4 aromatic rings. The summed E-state index contributed by atoms with van der Waals surface area (Å²) >= 11 is 0. The van der Waals surface area contributed by atoms with Crippen molar-refractivity contribution in [2.45, 2.75) is 118 Å². The molecule has 4 nitrogen and oxygen atoms in total. The van der Waals surface area contributed by atoms with Crippen LogP contribution in [0.25, 0.3) is 0 Å². The van der Waals surface area contributed by atoms with Crippen molar-refractivity contribution in [3.8, 4) is 23.0 Å². The van der Waals surface area contributed by atoms with E-state index in [-0.39, 0.29) is 5.75 Å². The number of hydrogen-bond donors (Lipinski definition) is 1. The van der Waals surface area contributed by atoms with Crippen LogP contribution in [0.2, 0.25) is 0 Å². The number of phenols is 1. The van der Waals surface area contributed by atoms with E-state index in [1.54, 1.807) is 0 Å². The first kappa shape index (κ1) is 34.9. The van der Waals surface area contributed by atoms with Crippen molar-refractivity contribution in [2.75, 3.05) is 0 Å². The van der Waals surface area contributed by atoms with E-state index in [1.165, 1.54) is 16.7 Å². The molecule has 0 unspecified atom stereocenters. The molecule has 0 radical (unpaired) electrons. The molecule has 0 aromatic heterocycles. The second-order valence-electron chi connectivity index (χ2n) is 14.2. The first-order chi connectivity index (χ1) is 21.8. The molecule has 0 spiro atoms. The lowest BCUT2D eigenvalue weighted by atomic mass is 9.82. The molecule has 0 atom stereocenters. The van der Waals surface area contributed by atoms with Gasteiger partial charge in [-0.3, -0.25) is 0 Å². The Morgan fingerprint density at radius 1 is 0.435 bits per heavy atom. The molecule has 246 valence electrons. The molecule has 0 heterocycles. The molecule has 0 saturated heterocycles. The number of aryl methyl sites for hydroxylation is 3. The highest BCUT2D eigenvalue weighted by Crippen LogP contribution is 2.37. The molecule has 0 aliphatic rings. The lowest BCUT2D eigenvalue weighted by Gasteiger charge is -2.34. The van der Waals surface area contributed by atoms with Crippen LogP contribution in [0.4, 0.5) is 0 Å². The lowest BCUT2D eigenvalue weighted by molar-refractivity contribution is 0.0979. The minimum absolute atomic E-state index is 0.277. The monoisotopic (exact) mass is 622 g/mol. The van der Waals surface area contributed by atoms with E-state index in [4.69, 9.17) is 14.2 Å². The van der Waals surface area contributed by atoms with Crippen LogP contribution in [0.1, 0.15) is 95.7 Å². The molecule has 0 aliphatic carbocycles. The van der Waals surface area contributed by atoms with Gasteiger partial charge in [0.25, 0.3) is 0 Å². The van der Waals surface area contributed by atoms with Crippen LogP contribution in [-0.2, 0) is 38.5 Å². The third kappa shape index (κ3) is 9.09. The van der Waals surface area contributed by atoms with Crippen molar-refractivity contribution < 1.29 is 19.3 Å². The first-order valence-electron chi connectivity index (χ1n) is 16.9. The van der Waals surface area contributed by atoms with Crippen molar-refractivity contribution in [1.82, 2.24) is 0 Å². The second-order valence-corrected chi connectivity index (χ2v) is 14.2. The summed E-state index contributed by atoms with van der Waals surface area (Å²) in [6.45, 7) is 19.2. The van der Waals surface area contributed by atoms with Crippen molar-refractivity contribution in [3.05, 3.63) is 118 Å². The number of para-hydroxylation sites is 3. The average molecular weight is 623 g/mol. The lowest BCUT2D eigenvalue weighted by Crippen LogP contribution is -2.36. The average Bonchev–Trinajstić information content (AvgIpc) is 3.00. The van der Waals surface area contributed by atoms with Crippen molar-refractivity contribution in [1.29, 1.82) is 0 Å². The normalized spacial score (nSPS) is 12.2. The highest BCUT2D eigenvalue weighted by Gasteiger charge is 2.32. The van der Waals surface area contributed by atoms with Gasteiger partial charge in [-0.25, -0.2) is 0 Å². The Labute approximate surface area is 277 Å². The van der Waals surface area contributed by atoms with Gasteiger partial charge in [0.15, 0.2) is 0 Å². The van der Waals surface area contributed by atoms with Gasteiger partial charge in [0.2, 0.25) is 0 Å². The maximum atomic E-state index is 11.5. The highest BCUT2D eigenvalue weighted by molar-refractivity contribution is 5.47. The molecule has 0 fully saturated rings. The Balaban J connectivity index is 1.74. The largest absolute Gasteiger partial charge is 0.508 e. The summed E-state index contributed by atoms with van der Waals surface area (Å²) in [7, 11) is 0. The summed E-state index contributed by atoms with van der Waals surface area (Å²) in [5.74, 6) is 2.98. The minimum atomic E-state index is -0.581. The zero-order valence-corrected chi connectivity index (χ0v) is 29.5. The fraction of sp³-hybridized carbons (Fsp3) is 0.429. The van der Waals surface area contributed by atoms with Gasteiger partial charge in [-0.1, -0.05) is 81.4 Å². The molecule has 0 bridgehead atoms. The van der Waals surface area contributed by atoms with E-state index in [0.717, 1.165) is 53.2 Å². The molecular formula is C42H54O4. The van der Waals surface area contributed by atoms with Crippen LogP contribution in [0.3, 0.4) is 0 Å². The van der Waals surface area contributed by atoms with Gasteiger partial charge in [-0.05, 0) is 113 Å². The maximum Gasteiger partial charge on any atom is 0.123 e. The number of rotatable bonds is 15. The molecule has 46 heavy (non-hydrogen) atoms. The van der Waals surface area contributed by atoms with E-state index < -0.39 is 16.8 Å². The van der Waals surface area contributed by atoms with Crippen LogP contribution < -0.4 is 14.2 Å². The zero-order chi connectivity index (χ0) is 33.5. The van der Waals surface area contributed by atoms with Gasteiger partial charge in [0, 0.05) is 24.8 Å². The Hall–Kier alpha value is -3.92. The topological polar surface area (TPSA) is 47.9 Å². The third-order valence-electron chi connectivity index (χ3n) is 8.54. The van der Waals surface area contributed by atoms with Crippen LogP contribution in [0, 0.1) is 0 Å². The Bertz CT molecular complexity index is 1600. The molecular weight excluding hydrogens is 568 g/mol. The molecule has 4 heteroatoms. The van der Waals surface area contributed by atoms with Crippen LogP contribution in [-0.4, -0.2) is 21.9 Å². The number of benzene rings is 4. The molecule has 0 aliphatic heterocycles. The van der Waals surface area contributed by atoms with Crippen LogP contribution in [0.5, 0.6) is 23.0 Å². The summed E-state index contributed by atoms with van der Waals surface area (Å²) in [4.78, 5) is 0. The van der Waals surface area contributed by atoms with Gasteiger partial charge in [-0.15, -0.1) is 0 Å². The molecule has 0 saturated carbocycles. The number of aromatic hydroxyl groups is 1. The Morgan fingerprint density at radius 3 is 1.17 bits per heavy atom. The summed E-state index contributed by atoms with van der Waals surface area (Å²) in [5, 5.41) is 11.5. The third-order valence-corrected chi connectivity index (χ3v) is 8.54. The van der Waals surface area contributed by atoms with Gasteiger partial charge < -0.3 is 19.3 Å². The summed E-state index contributed by atoms with van der Waals surface area (Å²) in [6, 6.07) is 28.6. The standard InChI is InChI=1S/C42H54O4/c1-10-30-19-13-16-22-37(30)44-40(4,5)27-33-25-26-36(43)35(29-42(8,9)46-39-24-18-15-21-32(39)12-3)34(33)28-41(6,7)45-38-23-17-14-20-31(38)11-2/h13-26,43H,10-12,27-29H2,1-9H3. The molecule has 4 rings (SSSR count). The van der Waals surface area contributed by atoms with E-state index in [2.05, 4.69) is 111 Å². The second kappa shape index (κ2) is 14.7. The van der Waals surface area contributed by atoms with Gasteiger partial charge in [-0.2, -0.15) is 0 Å². The van der Waals surface area contributed by atoms with Gasteiger partial charge >= 0.3 is 0 Å². The molecule has 1 N–H and O–H groups in total. The summed E-state index contributed by atoms with van der Waals surface area (Å²) in [5.41, 5.74) is 5.02. The predicted molar refractivity (Wildman–Crippen MR) is 191 cm³/mol. The number of ether oxygens (including phenoxy) is 3. The van der Waals surface area contributed by atoms with Crippen molar-refractivity contribution >= 4 is 0 Å². The van der Waals surface area contributed by atoms with Gasteiger partial charge in [0.1, 0.15) is 39.8 Å². The Kier molecular flexibility index (Phi) is 11.1. The predicted octanol–water partition coefficient (Wildman–Crippen LogP) is 10.3. The number of hydrogen-bond acceptors (Lipinski definition) is 4. The smallest absolute Gasteiger partial charge is 0.123 e. The fourth-order valence-electron chi connectivity index (χ4n) is 6.31. The van der Waals surface area contributed by atoms with Crippen LogP contribution in [0.15, 0.2) is 84.9 Å². The maximum absolute atomic E-state index is 11.5. The first-order valence-corrected chi connectivity index (χ1v) is 16.9. The zero-order valence-electron chi connectivity index (χ0n) is 29.5. The molecule has 4 aromatic carbocycles. The van der Waals surface area contributed by atoms with Gasteiger partial charge in [0.05, 0.1) is 0 Å². The van der Waals surface area contributed by atoms with E-state index in [1.807, 2.05) is 36.4 Å². The van der Waals surface area contributed by atoms with E-state index in [0.29, 0.717) is 19.3 Å². The SMILES string of the molecule is CCc1ccccc1OC(C)(C)Cc1ccc(O)c(CC(C)(C)Oc2ccccc2CC)c1CC(C)(C)Oc1ccccc1CC. The minimum Gasteiger partial charge on any atom is -0.508 e.